The number of thiophene rings is 1. The fraction of sp³-hybridized carbons (Fsp3) is 0.240. The van der Waals surface area contributed by atoms with Crippen molar-refractivity contribution in [1.82, 2.24) is 9.91 Å². The van der Waals surface area contributed by atoms with E-state index in [0.717, 1.165) is 21.7 Å². The summed E-state index contributed by atoms with van der Waals surface area (Å²) < 4.78 is 5.14. The Kier molecular flexibility index (Phi) is 6.37. The molecule has 7 heteroatoms. The van der Waals surface area contributed by atoms with Crippen molar-refractivity contribution >= 4 is 28.9 Å². The normalized spacial score (nSPS) is 15.4. The average Bonchev–Trinajstić information content (AvgIpc) is 3.49. The van der Waals surface area contributed by atoms with E-state index in [4.69, 9.17) is 4.74 Å². The Morgan fingerprint density at radius 1 is 1.12 bits per heavy atom. The van der Waals surface area contributed by atoms with Gasteiger partial charge >= 0.3 is 0 Å². The van der Waals surface area contributed by atoms with Gasteiger partial charge in [-0.25, -0.2) is 5.01 Å². The van der Waals surface area contributed by atoms with Crippen LogP contribution in [0, 0.1) is 6.92 Å². The molecule has 164 valence electrons. The molecule has 32 heavy (non-hydrogen) atoms. The van der Waals surface area contributed by atoms with Gasteiger partial charge in [0, 0.05) is 19.0 Å². The topological polar surface area (TPSA) is 62.2 Å². The number of nitrogens with zero attached hydrogens (tertiary/aromatic N) is 3. The number of hydrazone groups is 1. The van der Waals surface area contributed by atoms with Crippen molar-refractivity contribution in [2.75, 3.05) is 20.7 Å². The van der Waals surface area contributed by atoms with Crippen LogP contribution in [-0.2, 0) is 4.79 Å². The van der Waals surface area contributed by atoms with Gasteiger partial charge in [0.2, 0.25) is 0 Å². The Bertz CT molecular complexity index is 1120. The summed E-state index contributed by atoms with van der Waals surface area (Å²) in [6, 6.07) is 18.8. The second-order valence-corrected chi connectivity index (χ2v) is 8.73. The summed E-state index contributed by atoms with van der Waals surface area (Å²) in [4.78, 5) is 28.6. The van der Waals surface area contributed by atoms with Gasteiger partial charge in [-0.1, -0.05) is 35.9 Å². The van der Waals surface area contributed by atoms with Gasteiger partial charge in [-0.05, 0) is 48.2 Å². The van der Waals surface area contributed by atoms with E-state index < -0.39 is 0 Å². The largest absolute Gasteiger partial charge is 0.497 e. The van der Waals surface area contributed by atoms with Gasteiger partial charge in [0.05, 0.1) is 23.7 Å². The Hall–Kier alpha value is -3.45. The summed E-state index contributed by atoms with van der Waals surface area (Å²) in [7, 11) is 3.21. The first kappa shape index (κ1) is 21.8. The molecule has 2 amide bonds. The number of hydrogen-bond acceptors (Lipinski definition) is 5. The van der Waals surface area contributed by atoms with Crippen LogP contribution < -0.4 is 4.74 Å². The smallest absolute Gasteiger partial charge is 0.262 e. The van der Waals surface area contributed by atoms with Crippen molar-refractivity contribution in [3.63, 3.8) is 0 Å². The molecule has 1 aliphatic heterocycles. The molecule has 1 aromatic heterocycles. The number of ether oxygens (including phenoxy) is 1. The predicted molar refractivity (Wildman–Crippen MR) is 126 cm³/mol. The molecule has 0 N–H and O–H groups in total. The monoisotopic (exact) mass is 447 g/mol. The van der Waals surface area contributed by atoms with Crippen LogP contribution in [0.2, 0.25) is 0 Å². The number of rotatable bonds is 6. The van der Waals surface area contributed by atoms with E-state index in [0.29, 0.717) is 17.7 Å². The Morgan fingerprint density at radius 3 is 2.47 bits per heavy atom. The van der Waals surface area contributed by atoms with Gasteiger partial charge in [-0.2, -0.15) is 5.10 Å². The maximum absolute atomic E-state index is 13.3. The lowest BCUT2D eigenvalue weighted by Crippen LogP contribution is -2.39. The summed E-state index contributed by atoms with van der Waals surface area (Å²) >= 11 is 1.61. The predicted octanol–water partition coefficient (Wildman–Crippen LogP) is 4.52. The summed E-state index contributed by atoms with van der Waals surface area (Å²) in [5, 5.41) is 8.22. The first-order chi connectivity index (χ1) is 15.5. The van der Waals surface area contributed by atoms with E-state index >= 15 is 0 Å². The van der Waals surface area contributed by atoms with Crippen molar-refractivity contribution < 1.29 is 14.3 Å². The number of amides is 2. The number of likely N-dealkylation sites (N-methyl/N-ethyl adjacent to an activating group) is 1. The van der Waals surface area contributed by atoms with Gasteiger partial charge in [0.15, 0.2) is 0 Å². The van der Waals surface area contributed by atoms with Gasteiger partial charge in [-0.3, -0.25) is 9.59 Å². The van der Waals surface area contributed by atoms with Crippen LogP contribution in [0.1, 0.15) is 38.8 Å². The fourth-order valence-corrected chi connectivity index (χ4v) is 4.40. The number of carbonyl (C=O) groups excluding carboxylic acids is 2. The molecule has 0 spiro atoms. The summed E-state index contributed by atoms with van der Waals surface area (Å²) in [6.45, 7) is 1.98. The molecule has 0 bridgehead atoms. The number of hydrogen-bond donors (Lipinski definition) is 0. The van der Waals surface area contributed by atoms with Crippen LogP contribution in [0.15, 0.2) is 71.1 Å². The number of aryl methyl sites for hydroxylation is 1. The first-order valence-electron chi connectivity index (χ1n) is 10.4. The van der Waals surface area contributed by atoms with Gasteiger partial charge < -0.3 is 9.64 Å². The minimum Gasteiger partial charge on any atom is -0.497 e. The van der Waals surface area contributed by atoms with E-state index in [1.807, 2.05) is 48.7 Å². The van der Waals surface area contributed by atoms with Gasteiger partial charge in [-0.15, -0.1) is 11.3 Å². The van der Waals surface area contributed by atoms with Crippen molar-refractivity contribution in [1.29, 1.82) is 0 Å². The van der Waals surface area contributed by atoms with E-state index in [1.165, 1.54) is 9.91 Å². The molecule has 2 heterocycles. The van der Waals surface area contributed by atoms with Gasteiger partial charge in [0.25, 0.3) is 11.8 Å². The van der Waals surface area contributed by atoms with E-state index in [2.05, 4.69) is 5.10 Å². The number of methoxy groups -OCH3 is 1. The molecule has 0 saturated carbocycles. The van der Waals surface area contributed by atoms with Crippen LogP contribution in [0.4, 0.5) is 0 Å². The quantitative estimate of drug-likeness (QED) is 0.558. The molecule has 1 aliphatic rings. The molecular formula is C25H25N3O3S. The average molecular weight is 448 g/mol. The summed E-state index contributed by atoms with van der Waals surface area (Å²) in [5.41, 5.74) is 3.58. The third-order valence-electron chi connectivity index (χ3n) is 5.49. The standard InChI is InChI=1S/C25H25N3O3S/c1-17-6-8-18(9-7-17)22-15-21(23-5-4-14-32-23)26-28(22)24(29)16-27(2)25(30)19-10-12-20(31-3)13-11-19/h4-14,22H,15-16H2,1-3H3/t22-/m1/s1. The van der Waals surface area contributed by atoms with Crippen molar-refractivity contribution in [3.8, 4) is 5.75 Å². The third kappa shape index (κ3) is 4.57. The van der Waals surface area contributed by atoms with Crippen molar-refractivity contribution in [2.45, 2.75) is 19.4 Å². The first-order valence-corrected chi connectivity index (χ1v) is 11.2. The second kappa shape index (κ2) is 9.36. The number of benzene rings is 2. The lowest BCUT2D eigenvalue weighted by Gasteiger charge is -2.25. The van der Waals surface area contributed by atoms with E-state index in [-0.39, 0.29) is 24.4 Å². The molecule has 4 rings (SSSR count). The zero-order chi connectivity index (χ0) is 22.7. The van der Waals surface area contributed by atoms with Crippen LogP contribution in [0.25, 0.3) is 0 Å². The molecule has 0 fully saturated rings. The molecular weight excluding hydrogens is 422 g/mol. The Labute approximate surface area is 191 Å². The van der Waals surface area contributed by atoms with E-state index in [1.54, 1.807) is 49.8 Å². The van der Waals surface area contributed by atoms with Crippen LogP contribution in [0.5, 0.6) is 5.75 Å². The maximum Gasteiger partial charge on any atom is 0.262 e. The molecule has 0 aliphatic carbocycles. The van der Waals surface area contributed by atoms with Crippen LogP contribution >= 0.6 is 11.3 Å². The lowest BCUT2D eigenvalue weighted by molar-refractivity contribution is -0.133. The van der Waals surface area contributed by atoms with Crippen molar-refractivity contribution in [3.05, 3.63) is 87.6 Å². The molecule has 6 nitrogen and oxygen atoms in total. The minimum atomic E-state index is -0.227. The molecule has 0 unspecified atom stereocenters. The molecule has 1 atom stereocenters. The molecule has 0 saturated heterocycles. The summed E-state index contributed by atoms with van der Waals surface area (Å²) in [6.07, 6.45) is 0.644. The molecule has 2 aromatic carbocycles. The second-order valence-electron chi connectivity index (χ2n) is 7.78. The lowest BCUT2D eigenvalue weighted by atomic mass is 10.00. The minimum absolute atomic E-state index is 0.0611. The molecule has 3 aromatic rings. The highest BCUT2D eigenvalue weighted by Crippen LogP contribution is 2.34. The zero-order valence-corrected chi connectivity index (χ0v) is 19.1. The van der Waals surface area contributed by atoms with Gasteiger partial charge in [0.1, 0.15) is 12.3 Å². The third-order valence-corrected chi connectivity index (χ3v) is 6.41. The highest BCUT2D eigenvalue weighted by molar-refractivity contribution is 7.12. The van der Waals surface area contributed by atoms with E-state index in [9.17, 15) is 9.59 Å². The Morgan fingerprint density at radius 2 is 1.84 bits per heavy atom. The fourth-order valence-electron chi connectivity index (χ4n) is 3.68. The highest BCUT2D eigenvalue weighted by Gasteiger charge is 2.34. The molecule has 0 radical (unpaired) electrons. The summed E-state index contributed by atoms with van der Waals surface area (Å²) in [5.74, 6) is 0.231. The number of carbonyl (C=O) groups is 2. The highest BCUT2D eigenvalue weighted by atomic mass is 32.1. The zero-order valence-electron chi connectivity index (χ0n) is 18.3. The van der Waals surface area contributed by atoms with Crippen LogP contribution in [0.3, 0.4) is 0 Å². The Balaban J connectivity index is 1.54. The van der Waals surface area contributed by atoms with Crippen LogP contribution in [-0.4, -0.2) is 48.1 Å². The SMILES string of the molecule is COc1ccc(C(=O)N(C)CC(=O)N2N=C(c3cccs3)C[C@@H]2c2ccc(C)cc2)cc1. The maximum atomic E-state index is 13.3. The van der Waals surface area contributed by atoms with Crippen molar-refractivity contribution in [2.24, 2.45) is 5.10 Å².